The molecule has 1 unspecified atom stereocenters. The summed E-state index contributed by atoms with van der Waals surface area (Å²) in [5.41, 5.74) is 1.59. The van der Waals surface area contributed by atoms with Crippen LogP contribution in [0.1, 0.15) is 44.7 Å². The van der Waals surface area contributed by atoms with Crippen molar-refractivity contribution in [2.75, 3.05) is 14.2 Å². The maximum atomic E-state index is 11.3. The van der Waals surface area contributed by atoms with E-state index in [1.807, 2.05) is 26.0 Å². The van der Waals surface area contributed by atoms with Gasteiger partial charge >= 0.3 is 5.97 Å². The summed E-state index contributed by atoms with van der Waals surface area (Å²) in [5, 5.41) is 2.59. The van der Waals surface area contributed by atoms with Gasteiger partial charge in [0.05, 0.1) is 14.2 Å². The Morgan fingerprint density at radius 3 is 2.22 bits per heavy atom. The molecule has 1 aromatic carbocycles. The van der Waals surface area contributed by atoms with Crippen LogP contribution in [0.15, 0.2) is 18.2 Å². The normalized spacial score (nSPS) is 12.3. The molecule has 1 aromatic rings. The zero-order valence-electron chi connectivity index (χ0n) is 15.3. The molecule has 5 heteroatoms. The molecular formula is C18H29NO4. The molecule has 0 heterocycles. The molecule has 1 N–H and O–H groups in total. The van der Waals surface area contributed by atoms with Gasteiger partial charge in [0.1, 0.15) is 11.3 Å². The van der Waals surface area contributed by atoms with Gasteiger partial charge in [-0.05, 0) is 38.8 Å². The first-order valence-corrected chi connectivity index (χ1v) is 7.68. The van der Waals surface area contributed by atoms with Crippen LogP contribution < -0.4 is 10.1 Å². The van der Waals surface area contributed by atoms with Crippen LogP contribution in [0.4, 0.5) is 0 Å². The first kappa shape index (κ1) is 21.0. The van der Waals surface area contributed by atoms with Crippen molar-refractivity contribution in [2.24, 2.45) is 0 Å². The summed E-state index contributed by atoms with van der Waals surface area (Å²) in [6.07, 6.45) is 1.39. The Bertz CT molecular complexity index is 528. The van der Waals surface area contributed by atoms with Gasteiger partial charge in [0, 0.05) is 6.92 Å². The molecule has 0 spiro atoms. The fraction of sp³-hybridized carbons (Fsp3) is 0.556. The van der Waals surface area contributed by atoms with Crippen molar-refractivity contribution < 1.29 is 19.1 Å². The summed E-state index contributed by atoms with van der Waals surface area (Å²) < 4.78 is 9.72. The number of hydrogen-bond donors (Lipinski definition) is 1. The summed E-state index contributed by atoms with van der Waals surface area (Å²) in [7, 11) is 3.01. The predicted molar refractivity (Wildman–Crippen MR) is 91.6 cm³/mol. The van der Waals surface area contributed by atoms with E-state index in [2.05, 4.69) is 23.0 Å². The number of methoxy groups -OCH3 is 2. The molecule has 23 heavy (non-hydrogen) atoms. The minimum atomic E-state index is -0.880. The van der Waals surface area contributed by atoms with E-state index in [1.165, 1.54) is 25.2 Å². The zero-order chi connectivity index (χ0) is 18.0. The molecule has 0 aliphatic carbocycles. The van der Waals surface area contributed by atoms with Crippen LogP contribution in [-0.2, 0) is 14.3 Å². The van der Waals surface area contributed by atoms with E-state index in [0.29, 0.717) is 6.42 Å². The minimum absolute atomic E-state index is 0.221. The number of esters is 1. The van der Waals surface area contributed by atoms with E-state index in [0.717, 1.165) is 12.2 Å². The van der Waals surface area contributed by atoms with Crippen LogP contribution >= 0.6 is 0 Å². The van der Waals surface area contributed by atoms with Crippen LogP contribution in [-0.4, -0.2) is 31.6 Å². The molecule has 1 rings (SSSR count). The van der Waals surface area contributed by atoms with E-state index in [9.17, 15) is 9.59 Å². The highest BCUT2D eigenvalue weighted by Gasteiger charge is 2.33. The number of amides is 1. The topological polar surface area (TPSA) is 64.6 Å². The molecular weight excluding hydrogens is 294 g/mol. The molecule has 0 bridgehead atoms. The summed E-state index contributed by atoms with van der Waals surface area (Å²) in [6, 6.07) is 6.15. The predicted octanol–water partition coefficient (Wildman–Crippen LogP) is 3.17. The Morgan fingerprint density at radius 2 is 1.83 bits per heavy atom. The number of hydrogen-bond acceptors (Lipinski definition) is 4. The molecule has 0 saturated heterocycles. The van der Waals surface area contributed by atoms with Gasteiger partial charge in [-0.25, -0.2) is 4.79 Å². The molecule has 1 atom stereocenters. The Kier molecular flexibility index (Phi) is 9.00. The van der Waals surface area contributed by atoms with Gasteiger partial charge in [0.15, 0.2) is 0 Å². The van der Waals surface area contributed by atoms with Crippen LogP contribution in [0.5, 0.6) is 5.75 Å². The Balaban J connectivity index is 0.000000433. The van der Waals surface area contributed by atoms with E-state index in [-0.39, 0.29) is 5.91 Å². The number of benzene rings is 1. The standard InChI is InChI=1S/C9H17NO3.C9H12O/c1-5-6-9(3,8(12)13-4)10-7(2)11;1-7-4-5-9(10-3)8(2)6-7/h5-6H2,1-4H3,(H,10,11);4-6H,1-3H3. The molecule has 0 aliphatic rings. The lowest BCUT2D eigenvalue weighted by atomic mass is 9.96. The maximum Gasteiger partial charge on any atom is 0.331 e. The van der Waals surface area contributed by atoms with Crippen LogP contribution in [0.25, 0.3) is 0 Å². The second-order valence-electron chi connectivity index (χ2n) is 5.73. The van der Waals surface area contributed by atoms with Gasteiger partial charge in [-0.2, -0.15) is 0 Å². The van der Waals surface area contributed by atoms with Gasteiger partial charge in [0.2, 0.25) is 5.91 Å². The summed E-state index contributed by atoms with van der Waals surface area (Å²) in [4.78, 5) is 22.2. The quantitative estimate of drug-likeness (QED) is 0.845. The highest BCUT2D eigenvalue weighted by Crippen LogP contribution is 2.17. The van der Waals surface area contributed by atoms with Crippen molar-refractivity contribution in [1.82, 2.24) is 5.32 Å². The Labute approximate surface area is 139 Å². The largest absolute Gasteiger partial charge is 0.496 e. The Morgan fingerprint density at radius 1 is 1.22 bits per heavy atom. The number of rotatable bonds is 5. The van der Waals surface area contributed by atoms with Gasteiger partial charge in [-0.1, -0.05) is 31.0 Å². The lowest BCUT2D eigenvalue weighted by Crippen LogP contribution is -2.52. The SMILES string of the molecule is CCCC(C)(NC(C)=O)C(=O)OC.COc1ccc(C)cc1C. The zero-order valence-corrected chi connectivity index (χ0v) is 15.3. The van der Waals surface area contributed by atoms with Gasteiger partial charge in [-0.15, -0.1) is 0 Å². The second-order valence-corrected chi connectivity index (χ2v) is 5.73. The third-order valence-electron chi connectivity index (χ3n) is 3.39. The van der Waals surface area contributed by atoms with E-state index < -0.39 is 11.5 Å². The van der Waals surface area contributed by atoms with E-state index >= 15 is 0 Å². The van der Waals surface area contributed by atoms with Gasteiger partial charge in [0.25, 0.3) is 0 Å². The van der Waals surface area contributed by atoms with Crippen molar-refractivity contribution >= 4 is 11.9 Å². The highest BCUT2D eigenvalue weighted by molar-refractivity contribution is 5.86. The van der Waals surface area contributed by atoms with Crippen molar-refractivity contribution in [1.29, 1.82) is 0 Å². The maximum absolute atomic E-state index is 11.3. The summed E-state index contributed by atoms with van der Waals surface area (Å²) >= 11 is 0. The lowest BCUT2D eigenvalue weighted by molar-refractivity contribution is -0.150. The molecule has 0 radical (unpaired) electrons. The fourth-order valence-corrected chi connectivity index (χ4v) is 2.36. The third kappa shape index (κ3) is 7.17. The second kappa shape index (κ2) is 9.87. The average Bonchev–Trinajstić information content (AvgIpc) is 2.46. The van der Waals surface area contributed by atoms with Crippen LogP contribution in [0.3, 0.4) is 0 Å². The average molecular weight is 323 g/mol. The molecule has 0 saturated carbocycles. The lowest BCUT2D eigenvalue weighted by Gasteiger charge is -2.26. The third-order valence-corrected chi connectivity index (χ3v) is 3.39. The molecule has 130 valence electrons. The Hall–Kier alpha value is -2.04. The van der Waals surface area contributed by atoms with E-state index in [4.69, 9.17) is 4.74 Å². The van der Waals surface area contributed by atoms with Crippen LogP contribution in [0.2, 0.25) is 0 Å². The molecule has 5 nitrogen and oxygen atoms in total. The molecule has 1 amide bonds. The van der Waals surface area contributed by atoms with Crippen molar-refractivity contribution in [3.63, 3.8) is 0 Å². The van der Waals surface area contributed by atoms with Crippen LogP contribution in [0, 0.1) is 13.8 Å². The van der Waals surface area contributed by atoms with Crippen molar-refractivity contribution in [3.8, 4) is 5.75 Å². The van der Waals surface area contributed by atoms with Gasteiger partial charge < -0.3 is 14.8 Å². The van der Waals surface area contributed by atoms with Gasteiger partial charge in [-0.3, -0.25) is 4.79 Å². The number of carbonyl (C=O) groups excluding carboxylic acids is 2. The smallest absolute Gasteiger partial charge is 0.331 e. The fourth-order valence-electron chi connectivity index (χ4n) is 2.36. The number of aryl methyl sites for hydroxylation is 2. The molecule has 0 aromatic heterocycles. The number of nitrogens with one attached hydrogen (secondary N) is 1. The number of carbonyl (C=O) groups is 2. The molecule has 0 aliphatic heterocycles. The first-order valence-electron chi connectivity index (χ1n) is 7.68. The minimum Gasteiger partial charge on any atom is -0.496 e. The number of ether oxygens (including phenoxy) is 2. The first-order chi connectivity index (χ1) is 10.7. The van der Waals surface area contributed by atoms with E-state index in [1.54, 1.807) is 14.0 Å². The summed E-state index contributed by atoms with van der Waals surface area (Å²) in [6.45, 7) is 9.13. The monoisotopic (exact) mass is 323 g/mol. The highest BCUT2D eigenvalue weighted by atomic mass is 16.5. The molecule has 0 fully saturated rings. The van der Waals surface area contributed by atoms with Crippen molar-refractivity contribution in [3.05, 3.63) is 29.3 Å². The summed E-state index contributed by atoms with van der Waals surface area (Å²) in [5.74, 6) is 0.344. The van der Waals surface area contributed by atoms with Crippen molar-refractivity contribution in [2.45, 2.75) is 53.0 Å².